The third-order valence-electron chi connectivity index (χ3n) is 3.50. The summed E-state index contributed by atoms with van der Waals surface area (Å²) >= 11 is 1.61. The number of amides is 1. The maximum absolute atomic E-state index is 12.5. The van der Waals surface area contributed by atoms with Gasteiger partial charge in [0.1, 0.15) is 5.75 Å². The second-order valence-electron chi connectivity index (χ2n) is 5.66. The monoisotopic (exact) mass is 329 g/mol. The van der Waals surface area contributed by atoms with E-state index in [9.17, 15) is 4.79 Å². The van der Waals surface area contributed by atoms with Crippen LogP contribution < -0.4 is 10.1 Å². The number of ether oxygens (including phenoxy) is 1. The molecule has 0 fully saturated rings. The fourth-order valence-corrected chi connectivity index (χ4v) is 3.24. The topological polar surface area (TPSA) is 38.3 Å². The standard InChI is InChI=1S/C19H23NO2S/c1-14(2)18(23-17-7-5-4-6-8-17)19(21)20-13-15-9-11-16(22-3)12-10-15/h4-12,14,18H,13H2,1-3H3,(H,20,21). The molecule has 122 valence electrons. The van der Waals surface area contributed by atoms with Gasteiger partial charge in [0.25, 0.3) is 0 Å². The van der Waals surface area contributed by atoms with E-state index in [-0.39, 0.29) is 17.1 Å². The Morgan fingerprint density at radius 2 is 1.74 bits per heavy atom. The van der Waals surface area contributed by atoms with Crippen molar-refractivity contribution < 1.29 is 9.53 Å². The van der Waals surface area contributed by atoms with E-state index in [2.05, 4.69) is 19.2 Å². The highest BCUT2D eigenvalue weighted by molar-refractivity contribution is 8.00. The van der Waals surface area contributed by atoms with Crippen molar-refractivity contribution in [2.24, 2.45) is 5.92 Å². The van der Waals surface area contributed by atoms with Crippen LogP contribution in [0.5, 0.6) is 5.75 Å². The van der Waals surface area contributed by atoms with Crippen LogP contribution in [-0.4, -0.2) is 18.3 Å². The van der Waals surface area contributed by atoms with Gasteiger partial charge in [-0.2, -0.15) is 0 Å². The highest BCUT2D eigenvalue weighted by atomic mass is 32.2. The number of carbonyl (C=O) groups excluding carboxylic acids is 1. The highest BCUT2D eigenvalue weighted by Gasteiger charge is 2.23. The largest absolute Gasteiger partial charge is 0.497 e. The molecule has 1 atom stereocenters. The summed E-state index contributed by atoms with van der Waals surface area (Å²) in [5, 5.41) is 2.94. The number of hydrogen-bond acceptors (Lipinski definition) is 3. The second-order valence-corrected chi connectivity index (χ2v) is 6.88. The summed E-state index contributed by atoms with van der Waals surface area (Å²) in [6.45, 7) is 4.68. The first-order chi connectivity index (χ1) is 11.1. The second kappa shape index (κ2) is 8.63. The number of carbonyl (C=O) groups is 1. The zero-order chi connectivity index (χ0) is 16.7. The third-order valence-corrected chi connectivity index (χ3v) is 5.05. The van der Waals surface area contributed by atoms with Crippen LogP contribution in [0.4, 0.5) is 0 Å². The molecule has 0 aromatic heterocycles. The average molecular weight is 329 g/mol. The minimum Gasteiger partial charge on any atom is -0.497 e. The maximum Gasteiger partial charge on any atom is 0.234 e. The molecule has 23 heavy (non-hydrogen) atoms. The van der Waals surface area contributed by atoms with E-state index in [0.29, 0.717) is 6.54 Å². The Balaban J connectivity index is 1.95. The van der Waals surface area contributed by atoms with Gasteiger partial charge in [0.05, 0.1) is 12.4 Å². The van der Waals surface area contributed by atoms with Gasteiger partial charge in [-0.05, 0) is 35.7 Å². The Morgan fingerprint density at radius 1 is 1.09 bits per heavy atom. The van der Waals surface area contributed by atoms with E-state index in [1.165, 1.54) is 0 Å². The lowest BCUT2D eigenvalue weighted by atomic mass is 10.1. The van der Waals surface area contributed by atoms with Crippen LogP contribution >= 0.6 is 11.8 Å². The van der Waals surface area contributed by atoms with Crippen LogP contribution in [-0.2, 0) is 11.3 Å². The minimum atomic E-state index is -0.101. The Hall–Kier alpha value is -1.94. The molecule has 0 aliphatic heterocycles. The maximum atomic E-state index is 12.5. The molecule has 2 rings (SSSR count). The normalized spacial score (nSPS) is 12.0. The van der Waals surface area contributed by atoms with Crippen molar-refractivity contribution in [2.75, 3.05) is 7.11 Å². The summed E-state index contributed by atoms with van der Waals surface area (Å²) in [6.07, 6.45) is 0. The first-order valence-corrected chi connectivity index (χ1v) is 8.60. The van der Waals surface area contributed by atoms with Gasteiger partial charge in [-0.3, -0.25) is 4.79 Å². The van der Waals surface area contributed by atoms with Gasteiger partial charge >= 0.3 is 0 Å². The third kappa shape index (κ3) is 5.32. The minimum absolute atomic E-state index is 0.0738. The van der Waals surface area contributed by atoms with Crippen LogP contribution in [0.1, 0.15) is 19.4 Å². The van der Waals surface area contributed by atoms with Gasteiger partial charge in [-0.1, -0.05) is 44.2 Å². The fourth-order valence-electron chi connectivity index (χ4n) is 2.17. The zero-order valence-electron chi connectivity index (χ0n) is 13.8. The van der Waals surface area contributed by atoms with Gasteiger partial charge in [0, 0.05) is 11.4 Å². The van der Waals surface area contributed by atoms with Crippen molar-refractivity contribution in [1.82, 2.24) is 5.32 Å². The molecule has 1 unspecified atom stereocenters. The van der Waals surface area contributed by atoms with Gasteiger partial charge < -0.3 is 10.1 Å². The summed E-state index contributed by atoms with van der Waals surface area (Å²) in [5.41, 5.74) is 1.06. The SMILES string of the molecule is COc1ccc(CNC(=O)C(Sc2ccccc2)C(C)C)cc1. The summed E-state index contributed by atoms with van der Waals surface area (Å²) in [4.78, 5) is 13.6. The predicted octanol–water partition coefficient (Wildman–Crippen LogP) is 4.13. The van der Waals surface area contributed by atoms with Gasteiger partial charge in [-0.25, -0.2) is 0 Å². The van der Waals surface area contributed by atoms with Crippen LogP contribution in [0.2, 0.25) is 0 Å². The Labute approximate surface area is 142 Å². The Bertz CT molecular complexity index is 611. The van der Waals surface area contributed by atoms with Crippen LogP contribution in [0.15, 0.2) is 59.5 Å². The zero-order valence-corrected chi connectivity index (χ0v) is 14.6. The van der Waals surface area contributed by atoms with Crippen LogP contribution in [0.25, 0.3) is 0 Å². The summed E-state index contributed by atoms with van der Waals surface area (Å²) < 4.78 is 5.14. The highest BCUT2D eigenvalue weighted by Crippen LogP contribution is 2.28. The van der Waals surface area contributed by atoms with E-state index in [1.54, 1.807) is 18.9 Å². The molecule has 0 saturated carbocycles. The molecule has 1 amide bonds. The molecule has 2 aromatic carbocycles. The van der Waals surface area contributed by atoms with Gasteiger partial charge in [-0.15, -0.1) is 11.8 Å². The van der Waals surface area contributed by atoms with Crippen LogP contribution in [0, 0.1) is 5.92 Å². The Morgan fingerprint density at radius 3 is 2.30 bits per heavy atom. The summed E-state index contributed by atoms with van der Waals surface area (Å²) in [7, 11) is 1.64. The lowest BCUT2D eigenvalue weighted by Gasteiger charge is -2.20. The van der Waals surface area contributed by atoms with Crippen molar-refractivity contribution in [3.63, 3.8) is 0 Å². The molecule has 0 bridgehead atoms. The molecule has 0 radical (unpaired) electrons. The number of nitrogens with one attached hydrogen (secondary N) is 1. The molecule has 0 heterocycles. The quantitative estimate of drug-likeness (QED) is 0.776. The molecule has 4 heteroatoms. The number of methoxy groups -OCH3 is 1. The molecular formula is C19H23NO2S. The van der Waals surface area contributed by atoms with E-state index in [1.807, 2.05) is 54.6 Å². The van der Waals surface area contributed by atoms with Gasteiger partial charge in [0.2, 0.25) is 5.91 Å². The fraction of sp³-hybridized carbons (Fsp3) is 0.316. The molecule has 2 aromatic rings. The molecule has 0 saturated heterocycles. The molecule has 0 aliphatic rings. The lowest BCUT2D eigenvalue weighted by molar-refractivity contribution is -0.121. The molecule has 0 spiro atoms. The first kappa shape index (κ1) is 17.4. The average Bonchev–Trinajstić information content (AvgIpc) is 2.58. The molecule has 0 aliphatic carbocycles. The number of thioether (sulfide) groups is 1. The number of hydrogen-bond donors (Lipinski definition) is 1. The van der Waals surface area contributed by atoms with E-state index in [0.717, 1.165) is 16.2 Å². The van der Waals surface area contributed by atoms with Crippen molar-refractivity contribution in [3.8, 4) is 5.75 Å². The Kier molecular flexibility index (Phi) is 6.53. The van der Waals surface area contributed by atoms with E-state index in [4.69, 9.17) is 4.74 Å². The van der Waals surface area contributed by atoms with E-state index >= 15 is 0 Å². The molecular weight excluding hydrogens is 306 g/mol. The van der Waals surface area contributed by atoms with Crippen molar-refractivity contribution in [2.45, 2.75) is 30.5 Å². The smallest absolute Gasteiger partial charge is 0.234 e. The summed E-state index contributed by atoms with van der Waals surface area (Å²) in [5.74, 6) is 1.15. The summed E-state index contributed by atoms with van der Waals surface area (Å²) in [6, 6.07) is 17.8. The van der Waals surface area contributed by atoms with Gasteiger partial charge in [0.15, 0.2) is 0 Å². The van der Waals surface area contributed by atoms with Crippen molar-refractivity contribution >= 4 is 17.7 Å². The molecule has 1 N–H and O–H groups in total. The lowest BCUT2D eigenvalue weighted by Crippen LogP contribution is -2.35. The van der Waals surface area contributed by atoms with Crippen LogP contribution in [0.3, 0.4) is 0 Å². The predicted molar refractivity (Wildman–Crippen MR) is 95.8 cm³/mol. The number of benzene rings is 2. The number of rotatable bonds is 7. The van der Waals surface area contributed by atoms with Crippen molar-refractivity contribution in [1.29, 1.82) is 0 Å². The van der Waals surface area contributed by atoms with E-state index < -0.39 is 0 Å². The molecule has 3 nitrogen and oxygen atoms in total. The first-order valence-electron chi connectivity index (χ1n) is 7.72. The van der Waals surface area contributed by atoms with Crippen molar-refractivity contribution in [3.05, 3.63) is 60.2 Å².